The molecule has 0 aliphatic heterocycles. The van der Waals surface area contributed by atoms with Crippen molar-refractivity contribution in [3.63, 3.8) is 0 Å². The Balaban J connectivity index is 2.03. The zero-order chi connectivity index (χ0) is 31.2. The Bertz CT molecular complexity index is 1240. The highest BCUT2D eigenvalue weighted by Crippen LogP contribution is 2.50. The van der Waals surface area contributed by atoms with Gasteiger partial charge in [-0.1, -0.05) is 65.0 Å². The molecule has 41 heavy (non-hydrogen) atoms. The number of fused-ring (bicyclic) bond motifs is 1. The number of sulfone groups is 1. The largest absolute Gasteiger partial charge is 0.429 e. The average Bonchev–Trinajstić information content (AvgIpc) is 3.32. The topological polar surface area (TPSA) is 56.3 Å². The zero-order valence-corrected chi connectivity index (χ0v) is 26.7. The van der Waals surface area contributed by atoms with Crippen molar-refractivity contribution >= 4 is 39.7 Å². The Kier molecular flexibility index (Phi) is 11.9. The number of para-hydroxylation sites is 1. The van der Waals surface area contributed by atoms with Crippen LogP contribution in [0.3, 0.4) is 0 Å². The summed E-state index contributed by atoms with van der Waals surface area (Å²) in [5.41, 5.74) is -4.31. The van der Waals surface area contributed by atoms with Gasteiger partial charge in [0.15, 0.2) is 8.32 Å². The quantitative estimate of drug-likeness (QED) is 0.0839. The summed E-state index contributed by atoms with van der Waals surface area (Å²) in [6.07, 6.45) is -5.37. The molecule has 2 aromatic rings. The van der Waals surface area contributed by atoms with Gasteiger partial charge in [-0.2, -0.15) is 26.3 Å². The molecule has 0 saturated carbocycles. The summed E-state index contributed by atoms with van der Waals surface area (Å²) >= 11 is 1.11. The molecule has 0 unspecified atom stereocenters. The van der Waals surface area contributed by atoms with Crippen LogP contribution in [0.5, 0.6) is 0 Å². The van der Waals surface area contributed by atoms with E-state index >= 15 is 0 Å². The van der Waals surface area contributed by atoms with Crippen molar-refractivity contribution in [3.05, 3.63) is 48.6 Å². The van der Waals surface area contributed by atoms with Crippen LogP contribution in [0.1, 0.15) is 60.3 Å². The standard InChI is InChI=1S/C28H39F6NO3S2Si/c1-6-41(7-2,8-3)38-26(27(29,30)31,28(32,33)34)20-15-19-25(4,5)18-13-9-10-14-21-40(36,37)24-35-22-16-11-12-17-23(22)39-24/h10-12,14-17,20H,6-9,13,18-19,21H2,1-5H3/b14-10+,20-15-. The van der Waals surface area contributed by atoms with Crippen LogP contribution < -0.4 is 0 Å². The number of rotatable bonds is 15. The molecule has 0 fully saturated rings. The Morgan fingerprint density at radius 2 is 1.51 bits per heavy atom. The van der Waals surface area contributed by atoms with Crippen molar-refractivity contribution in [2.75, 3.05) is 5.75 Å². The molecule has 1 aromatic heterocycles. The molecule has 1 heterocycles. The van der Waals surface area contributed by atoms with Gasteiger partial charge in [0.25, 0.3) is 5.60 Å². The van der Waals surface area contributed by atoms with Gasteiger partial charge in [0.05, 0.1) is 16.0 Å². The maximum atomic E-state index is 14.1. The van der Waals surface area contributed by atoms with Crippen molar-refractivity contribution in [2.45, 2.75) is 101 Å². The number of alkyl halides is 6. The van der Waals surface area contributed by atoms with Gasteiger partial charge in [0.1, 0.15) is 0 Å². The molecular weight excluding hydrogens is 605 g/mol. The second-order valence-corrected chi connectivity index (χ2v) is 18.9. The Hall–Kier alpha value is -1.70. The first-order chi connectivity index (χ1) is 18.9. The maximum absolute atomic E-state index is 14.1. The monoisotopic (exact) mass is 643 g/mol. The molecule has 0 atom stereocenters. The fourth-order valence-corrected chi connectivity index (χ4v) is 9.88. The van der Waals surface area contributed by atoms with Crippen LogP contribution in [0.4, 0.5) is 26.3 Å². The first kappa shape index (κ1) is 35.5. The second kappa shape index (κ2) is 13.7. The lowest BCUT2D eigenvalue weighted by Crippen LogP contribution is -2.62. The van der Waals surface area contributed by atoms with Gasteiger partial charge in [-0.15, -0.1) is 11.3 Å². The Morgan fingerprint density at radius 1 is 0.927 bits per heavy atom. The van der Waals surface area contributed by atoms with Gasteiger partial charge in [0.2, 0.25) is 14.2 Å². The Morgan fingerprint density at radius 3 is 2.05 bits per heavy atom. The van der Waals surface area contributed by atoms with E-state index in [0.29, 0.717) is 24.8 Å². The molecule has 1 aromatic carbocycles. The first-order valence-electron chi connectivity index (χ1n) is 13.6. The first-order valence-corrected chi connectivity index (χ1v) is 18.6. The van der Waals surface area contributed by atoms with Crippen molar-refractivity contribution in [3.8, 4) is 0 Å². The number of benzene rings is 1. The third-order valence-corrected chi connectivity index (χ3v) is 15.1. The SMILES string of the molecule is CC[Si](CC)(CC)OC(/C=C\CC(C)(C)CCC/C=C/CS(=O)(=O)c1nc2ccccc2s1)(C(F)(F)F)C(F)(F)F. The minimum Gasteiger partial charge on any atom is -0.393 e. The number of nitrogens with zero attached hydrogens (tertiary/aromatic N) is 1. The molecule has 4 nitrogen and oxygen atoms in total. The maximum Gasteiger partial charge on any atom is 0.429 e. The zero-order valence-electron chi connectivity index (χ0n) is 24.0. The number of halogens is 6. The summed E-state index contributed by atoms with van der Waals surface area (Å²) in [6.45, 7) is 8.27. The van der Waals surface area contributed by atoms with E-state index in [0.717, 1.165) is 22.1 Å². The summed E-state index contributed by atoms with van der Waals surface area (Å²) in [5, 5.41) is 0. The molecule has 13 heteroatoms. The molecule has 232 valence electrons. The van der Waals surface area contributed by atoms with Gasteiger partial charge in [0, 0.05) is 0 Å². The lowest BCUT2D eigenvalue weighted by atomic mass is 9.83. The minimum absolute atomic E-state index is 0.0150. The molecule has 0 aliphatic carbocycles. The highest BCUT2D eigenvalue weighted by Gasteiger charge is 2.72. The summed E-state index contributed by atoms with van der Waals surface area (Å²) in [6, 6.07) is 7.56. The van der Waals surface area contributed by atoms with E-state index in [-0.39, 0.29) is 40.7 Å². The molecule has 0 N–H and O–H groups in total. The van der Waals surface area contributed by atoms with Crippen molar-refractivity contribution < 1.29 is 39.2 Å². The highest BCUT2D eigenvalue weighted by molar-refractivity contribution is 7.93. The van der Waals surface area contributed by atoms with Crippen LogP contribution in [0.25, 0.3) is 10.2 Å². The molecular formula is C28H39F6NO3S2Si. The number of hydrogen-bond donors (Lipinski definition) is 0. The lowest BCUT2D eigenvalue weighted by Gasteiger charge is -2.42. The molecule has 0 aliphatic rings. The summed E-state index contributed by atoms with van der Waals surface area (Å²) < 4.78 is 116. The van der Waals surface area contributed by atoms with E-state index in [1.165, 1.54) is 6.08 Å². The average molecular weight is 644 g/mol. The lowest BCUT2D eigenvalue weighted by molar-refractivity contribution is -0.341. The number of hydrogen-bond acceptors (Lipinski definition) is 5. The fourth-order valence-electron chi connectivity index (χ4n) is 4.52. The Labute approximate surface area is 243 Å². The molecule has 0 amide bonds. The number of unbranched alkanes of at least 4 members (excludes halogenated alkanes) is 1. The van der Waals surface area contributed by atoms with Crippen LogP contribution >= 0.6 is 11.3 Å². The summed E-state index contributed by atoms with van der Waals surface area (Å²) in [4.78, 5) is 4.18. The van der Waals surface area contributed by atoms with E-state index in [1.54, 1.807) is 58.9 Å². The molecule has 0 spiro atoms. The highest BCUT2D eigenvalue weighted by atomic mass is 32.2. The third kappa shape index (κ3) is 8.90. The van der Waals surface area contributed by atoms with Crippen LogP contribution in [-0.4, -0.2) is 45.4 Å². The number of allylic oxidation sites excluding steroid dienone is 2. The predicted molar refractivity (Wildman–Crippen MR) is 155 cm³/mol. The van der Waals surface area contributed by atoms with Crippen LogP contribution in [-0.2, 0) is 14.3 Å². The van der Waals surface area contributed by atoms with E-state index in [1.807, 2.05) is 6.07 Å². The summed E-state index contributed by atoms with van der Waals surface area (Å²) in [7, 11) is -6.88. The van der Waals surface area contributed by atoms with Gasteiger partial charge in [-0.05, 0) is 67.4 Å². The van der Waals surface area contributed by atoms with Crippen molar-refractivity contribution in [1.29, 1.82) is 0 Å². The van der Waals surface area contributed by atoms with Gasteiger partial charge < -0.3 is 4.43 Å². The smallest absolute Gasteiger partial charge is 0.393 e. The predicted octanol–water partition coefficient (Wildman–Crippen LogP) is 9.65. The third-order valence-electron chi connectivity index (χ3n) is 7.42. The van der Waals surface area contributed by atoms with Crippen LogP contribution in [0.15, 0.2) is 52.9 Å². The molecule has 2 rings (SSSR count). The molecule has 0 bridgehead atoms. The second-order valence-electron chi connectivity index (χ2n) is 10.9. The van der Waals surface area contributed by atoms with Gasteiger partial charge in [-0.25, -0.2) is 13.4 Å². The fraction of sp³-hybridized carbons (Fsp3) is 0.607. The van der Waals surface area contributed by atoms with Crippen molar-refractivity contribution in [1.82, 2.24) is 4.98 Å². The van der Waals surface area contributed by atoms with Crippen LogP contribution in [0.2, 0.25) is 18.1 Å². The number of aromatic nitrogens is 1. The molecule has 0 saturated heterocycles. The van der Waals surface area contributed by atoms with E-state index < -0.39 is 41.5 Å². The van der Waals surface area contributed by atoms with Gasteiger partial charge in [-0.3, -0.25) is 0 Å². The van der Waals surface area contributed by atoms with E-state index in [4.69, 9.17) is 4.43 Å². The summed E-state index contributed by atoms with van der Waals surface area (Å²) in [5.74, 6) is -0.214. The minimum atomic E-state index is -5.67. The number of thiazole rings is 1. The van der Waals surface area contributed by atoms with Gasteiger partial charge >= 0.3 is 12.4 Å². The molecule has 0 radical (unpaired) electrons. The van der Waals surface area contributed by atoms with Crippen LogP contribution in [0, 0.1) is 5.41 Å². The normalized spacial score (nSPS) is 14.6. The van der Waals surface area contributed by atoms with E-state index in [2.05, 4.69) is 4.98 Å². The van der Waals surface area contributed by atoms with E-state index in [9.17, 15) is 34.8 Å². The van der Waals surface area contributed by atoms with Crippen molar-refractivity contribution in [2.24, 2.45) is 5.41 Å².